The highest BCUT2D eigenvalue weighted by molar-refractivity contribution is 5.85. The second kappa shape index (κ2) is 3.46. The number of hydrogen-bond donors (Lipinski definition) is 2. The number of carbonyl (C=O) groups is 1. The Balaban J connectivity index is 0.000000845. The van der Waals surface area contributed by atoms with E-state index < -0.39 is 0 Å². The highest BCUT2D eigenvalue weighted by Gasteiger charge is 2.49. The lowest BCUT2D eigenvalue weighted by molar-refractivity contribution is -0.135. The normalized spacial score (nSPS) is 43.4. The van der Waals surface area contributed by atoms with Gasteiger partial charge < -0.3 is 10.6 Å². The van der Waals surface area contributed by atoms with Crippen LogP contribution in [0.25, 0.3) is 0 Å². The molecule has 0 radical (unpaired) electrons. The first-order valence-corrected chi connectivity index (χ1v) is 4.63. The number of amides is 1. The number of fused-ring (bicyclic) bond motifs is 1. The van der Waals surface area contributed by atoms with E-state index >= 15 is 0 Å². The SMILES string of the molecule is CC1CNC(=O)[C@]2(C)CNC[C@@H]12.Cl. The van der Waals surface area contributed by atoms with Crippen molar-refractivity contribution in [3.63, 3.8) is 0 Å². The van der Waals surface area contributed by atoms with E-state index in [9.17, 15) is 4.79 Å². The molecule has 0 spiro atoms. The minimum absolute atomic E-state index is 0. The summed E-state index contributed by atoms with van der Waals surface area (Å²) in [5.74, 6) is 1.38. The predicted molar refractivity (Wildman–Crippen MR) is 53.9 cm³/mol. The van der Waals surface area contributed by atoms with E-state index in [-0.39, 0.29) is 23.7 Å². The molecule has 4 heteroatoms. The molecule has 0 aromatic carbocycles. The molecule has 2 aliphatic heterocycles. The summed E-state index contributed by atoms with van der Waals surface area (Å²) in [4.78, 5) is 11.6. The van der Waals surface area contributed by atoms with Gasteiger partial charge in [-0.15, -0.1) is 12.4 Å². The van der Waals surface area contributed by atoms with Gasteiger partial charge in [-0.05, 0) is 25.3 Å². The Morgan fingerprint density at radius 3 is 2.77 bits per heavy atom. The van der Waals surface area contributed by atoms with E-state index in [1.165, 1.54) is 0 Å². The third-order valence-electron chi connectivity index (χ3n) is 3.47. The monoisotopic (exact) mass is 204 g/mol. The number of nitrogens with one attached hydrogen (secondary N) is 2. The van der Waals surface area contributed by atoms with Crippen LogP contribution in [0.2, 0.25) is 0 Å². The maximum atomic E-state index is 11.6. The van der Waals surface area contributed by atoms with Gasteiger partial charge in [0.15, 0.2) is 0 Å². The fourth-order valence-electron chi connectivity index (χ4n) is 2.52. The summed E-state index contributed by atoms with van der Waals surface area (Å²) in [6, 6.07) is 0. The molecule has 0 aliphatic carbocycles. The molecule has 1 amide bonds. The predicted octanol–water partition coefficient (Wildman–Crippen LogP) is 0.400. The van der Waals surface area contributed by atoms with Crippen LogP contribution in [-0.2, 0) is 4.79 Å². The van der Waals surface area contributed by atoms with Crippen LogP contribution in [0, 0.1) is 17.3 Å². The first-order chi connectivity index (χ1) is 5.64. The van der Waals surface area contributed by atoms with Crippen LogP contribution < -0.4 is 10.6 Å². The van der Waals surface area contributed by atoms with Gasteiger partial charge in [-0.1, -0.05) is 6.92 Å². The summed E-state index contributed by atoms with van der Waals surface area (Å²) in [5, 5.41) is 6.27. The van der Waals surface area contributed by atoms with Gasteiger partial charge in [0.1, 0.15) is 0 Å². The van der Waals surface area contributed by atoms with E-state index in [2.05, 4.69) is 24.5 Å². The Morgan fingerprint density at radius 2 is 2.15 bits per heavy atom. The van der Waals surface area contributed by atoms with Crippen LogP contribution in [0.1, 0.15) is 13.8 Å². The average Bonchev–Trinajstić information content (AvgIpc) is 2.42. The molecule has 2 aliphatic rings. The standard InChI is InChI=1S/C9H16N2O.ClH/c1-6-3-11-8(12)9(2)5-10-4-7(6)9;/h6-7,10H,3-5H2,1-2H3,(H,11,12);1H/t6?,7-,9+;/m0./s1. The van der Waals surface area contributed by atoms with E-state index in [1.807, 2.05) is 0 Å². The molecular weight excluding hydrogens is 188 g/mol. The van der Waals surface area contributed by atoms with Gasteiger partial charge in [-0.25, -0.2) is 0 Å². The Bertz CT molecular complexity index is 222. The van der Waals surface area contributed by atoms with Gasteiger partial charge in [0.05, 0.1) is 5.41 Å². The fraction of sp³-hybridized carbons (Fsp3) is 0.889. The number of rotatable bonds is 0. The van der Waals surface area contributed by atoms with Crippen LogP contribution in [0.5, 0.6) is 0 Å². The molecule has 76 valence electrons. The molecule has 1 unspecified atom stereocenters. The van der Waals surface area contributed by atoms with Crippen LogP contribution in [0.15, 0.2) is 0 Å². The highest BCUT2D eigenvalue weighted by atomic mass is 35.5. The highest BCUT2D eigenvalue weighted by Crippen LogP contribution is 2.38. The molecule has 2 heterocycles. The summed E-state index contributed by atoms with van der Waals surface area (Å²) < 4.78 is 0. The second-order valence-corrected chi connectivity index (χ2v) is 4.34. The molecule has 2 fully saturated rings. The summed E-state index contributed by atoms with van der Waals surface area (Å²) in [6.45, 7) is 6.98. The number of hydrogen-bond acceptors (Lipinski definition) is 2. The lowest BCUT2D eigenvalue weighted by atomic mass is 9.70. The third kappa shape index (κ3) is 1.44. The molecule has 2 rings (SSSR count). The van der Waals surface area contributed by atoms with Gasteiger partial charge in [0.25, 0.3) is 0 Å². The zero-order valence-corrected chi connectivity index (χ0v) is 8.91. The summed E-state index contributed by atoms with van der Waals surface area (Å²) in [7, 11) is 0. The third-order valence-corrected chi connectivity index (χ3v) is 3.47. The Kier molecular flexibility index (Phi) is 2.88. The lowest BCUT2D eigenvalue weighted by Crippen LogP contribution is -2.53. The van der Waals surface area contributed by atoms with Gasteiger partial charge in [-0.3, -0.25) is 4.79 Å². The molecule has 2 N–H and O–H groups in total. The summed E-state index contributed by atoms with van der Waals surface area (Å²) in [6.07, 6.45) is 0. The minimum Gasteiger partial charge on any atom is -0.355 e. The second-order valence-electron chi connectivity index (χ2n) is 4.34. The Hall–Kier alpha value is -0.280. The van der Waals surface area contributed by atoms with Crippen molar-refractivity contribution >= 4 is 18.3 Å². The van der Waals surface area contributed by atoms with Gasteiger partial charge in [-0.2, -0.15) is 0 Å². The van der Waals surface area contributed by atoms with Crippen molar-refractivity contribution in [2.75, 3.05) is 19.6 Å². The van der Waals surface area contributed by atoms with E-state index in [1.54, 1.807) is 0 Å². The van der Waals surface area contributed by atoms with Crippen molar-refractivity contribution in [3.8, 4) is 0 Å². The largest absolute Gasteiger partial charge is 0.355 e. The topological polar surface area (TPSA) is 41.1 Å². The maximum absolute atomic E-state index is 11.6. The minimum atomic E-state index is -0.141. The quantitative estimate of drug-likeness (QED) is 0.600. The summed E-state index contributed by atoms with van der Waals surface area (Å²) in [5.41, 5.74) is -0.141. The Labute approximate surface area is 85.1 Å². The molecular formula is C9H17ClN2O. The molecule has 13 heavy (non-hydrogen) atoms. The molecule has 2 saturated heterocycles. The number of piperidine rings is 1. The number of carbonyl (C=O) groups excluding carboxylic acids is 1. The molecule has 3 nitrogen and oxygen atoms in total. The van der Waals surface area contributed by atoms with Gasteiger partial charge >= 0.3 is 0 Å². The van der Waals surface area contributed by atoms with Gasteiger partial charge in [0.2, 0.25) is 5.91 Å². The first-order valence-electron chi connectivity index (χ1n) is 4.63. The smallest absolute Gasteiger partial charge is 0.227 e. The van der Waals surface area contributed by atoms with Crippen LogP contribution >= 0.6 is 12.4 Å². The molecule has 0 aromatic rings. The van der Waals surface area contributed by atoms with Crippen molar-refractivity contribution in [1.29, 1.82) is 0 Å². The zero-order chi connectivity index (χ0) is 8.77. The summed E-state index contributed by atoms with van der Waals surface area (Å²) >= 11 is 0. The van der Waals surface area contributed by atoms with Crippen LogP contribution in [0.4, 0.5) is 0 Å². The molecule has 0 bridgehead atoms. The maximum Gasteiger partial charge on any atom is 0.227 e. The van der Waals surface area contributed by atoms with Crippen molar-refractivity contribution < 1.29 is 4.79 Å². The first kappa shape index (κ1) is 10.8. The van der Waals surface area contributed by atoms with Crippen molar-refractivity contribution in [1.82, 2.24) is 10.6 Å². The Morgan fingerprint density at radius 1 is 1.46 bits per heavy atom. The van der Waals surface area contributed by atoms with Crippen LogP contribution in [0.3, 0.4) is 0 Å². The fourth-order valence-corrected chi connectivity index (χ4v) is 2.52. The molecule has 0 saturated carbocycles. The van der Waals surface area contributed by atoms with E-state index in [4.69, 9.17) is 0 Å². The van der Waals surface area contributed by atoms with E-state index in [0.29, 0.717) is 11.8 Å². The average molecular weight is 205 g/mol. The van der Waals surface area contributed by atoms with E-state index in [0.717, 1.165) is 19.6 Å². The number of halogens is 1. The van der Waals surface area contributed by atoms with Crippen molar-refractivity contribution in [3.05, 3.63) is 0 Å². The molecule has 3 atom stereocenters. The van der Waals surface area contributed by atoms with Crippen LogP contribution in [-0.4, -0.2) is 25.5 Å². The lowest BCUT2D eigenvalue weighted by Gasteiger charge is -2.38. The van der Waals surface area contributed by atoms with Crippen molar-refractivity contribution in [2.24, 2.45) is 17.3 Å². The van der Waals surface area contributed by atoms with Gasteiger partial charge in [0, 0.05) is 13.1 Å². The molecule has 0 aromatic heterocycles. The van der Waals surface area contributed by atoms with Crippen molar-refractivity contribution in [2.45, 2.75) is 13.8 Å². The zero-order valence-electron chi connectivity index (χ0n) is 8.09.